The molecule has 1 aromatic heterocycles. The zero-order valence-electron chi connectivity index (χ0n) is 16.3. The van der Waals surface area contributed by atoms with Crippen molar-refractivity contribution in [3.8, 4) is 0 Å². The van der Waals surface area contributed by atoms with Gasteiger partial charge in [0.15, 0.2) is 4.80 Å². The number of hydrogen-bond donors (Lipinski definition) is 0. The Kier molecular flexibility index (Phi) is 6.77. The number of thiazole rings is 1. The highest BCUT2D eigenvalue weighted by Crippen LogP contribution is 2.32. The molecule has 1 amide bonds. The maximum atomic E-state index is 12.7. The van der Waals surface area contributed by atoms with Gasteiger partial charge in [0.1, 0.15) is 6.54 Å². The van der Waals surface area contributed by atoms with Gasteiger partial charge in [0.2, 0.25) is 0 Å². The lowest BCUT2D eigenvalue weighted by molar-refractivity contribution is -0.143. The van der Waals surface area contributed by atoms with Gasteiger partial charge in [-0.3, -0.25) is 9.59 Å². The smallest absolute Gasteiger partial charge is 0.326 e. The minimum Gasteiger partial charge on any atom is -0.465 e. The molecule has 29 heavy (non-hydrogen) atoms. The van der Waals surface area contributed by atoms with Crippen molar-refractivity contribution < 1.29 is 14.3 Å². The Hall–Kier alpha value is -2.15. The first-order chi connectivity index (χ1) is 13.8. The van der Waals surface area contributed by atoms with Crippen LogP contribution in [-0.2, 0) is 27.3 Å². The normalized spacial score (nSPS) is 11.8. The number of amides is 1. The molecule has 0 bridgehead atoms. The Morgan fingerprint density at radius 3 is 2.55 bits per heavy atom. The molecule has 0 atom stereocenters. The molecule has 0 spiro atoms. The molecule has 3 aromatic rings. The summed E-state index contributed by atoms with van der Waals surface area (Å²) < 4.78 is 7.32. The molecule has 0 aliphatic carbocycles. The van der Waals surface area contributed by atoms with Gasteiger partial charge in [-0.1, -0.05) is 58.3 Å². The summed E-state index contributed by atoms with van der Waals surface area (Å²) in [5, 5.41) is 0.906. The van der Waals surface area contributed by atoms with Crippen LogP contribution in [0.15, 0.2) is 35.3 Å². The zero-order chi connectivity index (χ0) is 21.1. The highest BCUT2D eigenvalue weighted by atomic mass is 35.5. The van der Waals surface area contributed by atoms with Crippen LogP contribution >= 0.6 is 34.5 Å². The van der Waals surface area contributed by atoms with E-state index in [-0.39, 0.29) is 25.5 Å². The third kappa shape index (κ3) is 4.89. The molecule has 0 fully saturated rings. The Bertz CT molecular complexity index is 1160. The number of fused-ring (bicyclic) bond motifs is 1. The Morgan fingerprint density at radius 1 is 1.14 bits per heavy atom. The number of halogens is 2. The fraction of sp³-hybridized carbons (Fsp3) is 0.286. The number of carbonyl (C=O) groups is 2. The van der Waals surface area contributed by atoms with E-state index in [1.165, 1.54) is 11.3 Å². The molecular formula is C21H20Cl2N2O3S. The fourth-order valence-corrected chi connectivity index (χ4v) is 4.69. The molecule has 0 saturated heterocycles. The standard InChI is InChI=1S/C21H20Cl2N2O3S/c1-4-28-18(27)11-25-19-15(22)7-8-16(23)20(19)29-21(25)24-17(26)10-14-6-5-12(2)9-13(14)3/h5-9H,4,10-11H2,1-3H3. The van der Waals surface area contributed by atoms with Crippen LogP contribution in [0.3, 0.4) is 0 Å². The van der Waals surface area contributed by atoms with Gasteiger partial charge in [0, 0.05) is 0 Å². The predicted octanol–water partition coefficient (Wildman–Crippen LogP) is 4.86. The number of nitrogens with zero attached hydrogens (tertiary/aromatic N) is 2. The highest BCUT2D eigenvalue weighted by molar-refractivity contribution is 7.17. The van der Waals surface area contributed by atoms with Crippen LogP contribution in [0, 0.1) is 13.8 Å². The molecule has 152 valence electrons. The second-order valence-electron chi connectivity index (χ2n) is 6.59. The molecule has 0 unspecified atom stereocenters. The van der Waals surface area contributed by atoms with Crippen molar-refractivity contribution in [3.63, 3.8) is 0 Å². The van der Waals surface area contributed by atoms with Crippen LogP contribution in [0.1, 0.15) is 23.6 Å². The Balaban J connectivity index is 2.07. The van der Waals surface area contributed by atoms with Gasteiger partial charge in [-0.05, 0) is 44.0 Å². The van der Waals surface area contributed by atoms with Gasteiger partial charge in [0.05, 0.1) is 33.3 Å². The fourth-order valence-electron chi connectivity index (χ4n) is 3.03. The molecule has 1 heterocycles. The number of aromatic nitrogens is 1. The predicted molar refractivity (Wildman–Crippen MR) is 117 cm³/mol. The minimum absolute atomic E-state index is 0.108. The molecule has 5 nitrogen and oxygen atoms in total. The van der Waals surface area contributed by atoms with Gasteiger partial charge in [-0.25, -0.2) is 0 Å². The average molecular weight is 451 g/mol. The van der Waals surface area contributed by atoms with Gasteiger partial charge in [0.25, 0.3) is 5.91 Å². The average Bonchev–Trinajstić information content (AvgIpc) is 3.00. The molecule has 0 N–H and O–H groups in total. The van der Waals surface area contributed by atoms with Crippen LogP contribution in [0.25, 0.3) is 10.2 Å². The monoisotopic (exact) mass is 450 g/mol. The van der Waals surface area contributed by atoms with Crippen LogP contribution in [0.4, 0.5) is 0 Å². The topological polar surface area (TPSA) is 60.7 Å². The summed E-state index contributed by atoms with van der Waals surface area (Å²) in [6, 6.07) is 9.27. The van der Waals surface area contributed by atoms with E-state index >= 15 is 0 Å². The maximum absolute atomic E-state index is 12.7. The third-order valence-corrected chi connectivity index (χ3v) is 6.22. The lowest BCUT2D eigenvalue weighted by atomic mass is 10.0. The number of ether oxygens (including phenoxy) is 1. The first-order valence-corrected chi connectivity index (χ1v) is 10.6. The van der Waals surface area contributed by atoms with Crippen molar-refractivity contribution in [2.75, 3.05) is 6.61 Å². The van der Waals surface area contributed by atoms with Crippen LogP contribution in [0.2, 0.25) is 10.0 Å². The summed E-state index contributed by atoms with van der Waals surface area (Å²) >= 11 is 13.9. The second kappa shape index (κ2) is 9.11. The summed E-state index contributed by atoms with van der Waals surface area (Å²) in [6.45, 7) is 5.86. The number of aryl methyl sites for hydroxylation is 2. The van der Waals surface area contributed by atoms with E-state index < -0.39 is 5.97 Å². The van der Waals surface area contributed by atoms with Crippen molar-refractivity contribution in [2.24, 2.45) is 4.99 Å². The highest BCUT2D eigenvalue weighted by Gasteiger charge is 2.17. The van der Waals surface area contributed by atoms with Gasteiger partial charge in [-0.15, -0.1) is 0 Å². The minimum atomic E-state index is -0.438. The lowest BCUT2D eigenvalue weighted by Gasteiger charge is -2.07. The van der Waals surface area contributed by atoms with Gasteiger partial charge >= 0.3 is 5.97 Å². The summed E-state index contributed by atoms with van der Waals surface area (Å²) in [4.78, 5) is 29.4. The van der Waals surface area contributed by atoms with Crippen LogP contribution < -0.4 is 4.80 Å². The van der Waals surface area contributed by atoms with E-state index in [1.807, 2.05) is 32.0 Å². The van der Waals surface area contributed by atoms with Gasteiger partial charge in [-0.2, -0.15) is 4.99 Å². The van der Waals surface area contributed by atoms with E-state index in [9.17, 15) is 9.59 Å². The molecule has 0 saturated carbocycles. The van der Waals surface area contributed by atoms with E-state index in [0.29, 0.717) is 25.1 Å². The summed E-state index contributed by atoms with van der Waals surface area (Å²) in [5.41, 5.74) is 3.65. The zero-order valence-corrected chi connectivity index (χ0v) is 18.6. The number of hydrogen-bond acceptors (Lipinski definition) is 4. The van der Waals surface area contributed by atoms with Gasteiger partial charge < -0.3 is 9.30 Å². The lowest BCUT2D eigenvalue weighted by Crippen LogP contribution is -2.23. The summed E-state index contributed by atoms with van der Waals surface area (Å²) in [6.07, 6.45) is 0.168. The van der Waals surface area contributed by atoms with E-state index in [0.717, 1.165) is 16.7 Å². The van der Waals surface area contributed by atoms with Crippen molar-refractivity contribution in [1.29, 1.82) is 0 Å². The Morgan fingerprint density at radius 2 is 1.86 bits per heavy atom. The second-order valence-corrected chi connectivity index (χ2v) is 8.39. The molecule has 8 heteroatoms. The number of benzene rings is 2. The molecule has 0 aliphatic heterocycles. The number of rotatable bonds is 5. The largest absolute Gasteiger partial charge is 0.465 e. The molecule has 3 rings (SSSR count). The summed E-state index contributed by atoms with van der Waals surface area (Å²) in [5.74, 6) is -0.750. The van der Waals surface area contributed by atoms with E-state index in [2.05, 4.69) is 4.99 Å². The summed E-state index contributed by atoms with van der Waals surface area (Å²) in [7, 11) is 0. The first-order valence-electron chi connectivity index (χ1n) is 9.06. The van der Waals surface area contributed by atoms with Crippen molar-refractivity contribution >= 4 is 56.6 Å². The number of esters is 1. The van der Waals surface area contributed by atoms with E-state index in [4.69, 9.17) is 27.9 Å². The SMILES string of the molecule is CCOC(=O)Cn1c(=NC(=O)Cc2ccc(C)cc2C)sc2c(Cl)ccc(Cl)c21. The third-order valence-electron chi connectivity index (χ3n) is 4.38. The van der Waals surface area contributed by atoms with Crippen molar-refractivity contribution in [2.45, 2.75) is 33.7 Å². The van der Waals surface area contributed by atoms with Crippen LogP contribution in [0.5, 0.6) is 0 Å². The van der Waals surface area contributed by atoms with Crippen molar-refractivity contribution in [3.05, 3.63) is 61.9 Å². The van der Waals surface area contributed by atoms with Crippen molar-refractivity contribution in [1.82, 2.24) is 4.57 Å². The first kappa shape index (κ1) is 21.6. The molecule has 2 aromatic carbocycles. The maximum Gasteiger partial charge on any atom is 0.326 e. The van der Waals surface area contributed by atoms with Crippen LogP contribution in [-0.4, -0.2) is 23.1 Å². The molecule has 0 radical (unpaired) electrons. The number of carbonyl (C=O) groups excluding carboxylic acids is 2. The molecular weight excluding hydrogens is 431 g/mol. The van der Waals surface area contributed by atoms with E-state index in [1.54, 1.807) is 23.6 Å². The quantitative estimate of drug-likeness (QED) is 0.521. The Labute approximate surface area is 182 Å². The molecule has 0 aliphatic rings.